The molecule has 0 N–H and O–H groups in total. The minimum Gasteiger partial charge on any atom is -0.490 e. The average molecular weight is 484 g/mol. The van der Waals surface area contributed by atoms with Crippen molar-refractivity contribution in [3.05, 3.63) is 66.6 Å². The second kappa shape index (κ2) is 10.8. The van der Waals surface area contributed by atoms with Gasteiger partial charge in [0.15, 0.2) is 0 Å². The number of anilines is 1. The molecule has 0 amide bonds. The number of piperidine rings is 1. The SMILES string of the molecule is Cc1ccccc1S(=O)(=O)N(C)CCOc1ccnc(N2CCC(Oc3ccncc3)CC2)n1. The van der Waals surface area contributed by atoms with E-state index in [-0.39, 0.29) is 19.3 Å². The van der Waals surface area contributed by atoms with Gasteiger partial charge in [0, 0.05) is 64.2 Å². The van der Waals surface area contributed by atoms with Crippen molar-refractivity contribution in [2.75, 3.05) is 38.2 Å². The fraction of sp³-hybridized carbons (Fsp3) is 0.375. The molecule has 180 valence electrons. The number of rotatable bonds is 9. The molecule has 1 aliphatic heterocycles. The van der Waals surface area contributed by atoms with Gasteiger partial charge >= 0.3 is 0 Å². The van der Waals surface area contributed by atoms with Crippen LogP contribution < -0.4 is 14.4 Å². The summed E-state index contributed by atoms with van der Waals surface area (Å²) < 4.78 is 38.7. The second-order valence-electron chi connectivity index (χ2n) is 8.12. The maximum absolute atomic E-state index is 12.8. The number of pyridine rings is 1. The van der Waals surface area contributed by atoms with Crippen molar-refractivity contribution in [1.82, 2.24) is 19.3 Å². The zero-order valence-electron chi connectivity index (χ0n) is 19.4. The van der Waals surface area contributed by atoms with Gasteiger partial charge in [-0.2, -0.15) is 9.29 Å². The summed E-state index contributed by atoms with van der Waals surface area (Å²) in [4.78, 5) is 15.3. The van der Waals surface area contributed by atoms with Crippen LogP contribution in [0.3, 0.4) is 0 Å². The minimum absolute atomic E-state index is 0.142. The number of aromatic nitrogens is 3. The highest BCUT2D eigenvalue weighted by atomic mass is 32.2. The number of ether oxygens (including phenoxy) is 2. The molecule has 1 aromatic carbocycles. The first-order chi connectivity index (χ1) is 16.4. The molecule has 1 fully saturated rings. The Morgan fingerprint density at radius 1 is 1.06 bits per heavy atom. The highest BCUT2D eigenvalue weighted by Gasteiger charge is 2.24. The van der Waals surface area contributed by atoms with Crippen LogP contribution in [0, 0.1) is 6.92 Å². The minimum atomic E-state index is -3.58. The lowest BCUT2D eigenvalue weighted by Gasteiger charge is -2.32. The van der Waals surface area contributed by atoms with Crippen molar-refractivity contribution in [2.45, 2.75) is 30.8 Å². The molecule has 4 rings (SSSR count). The van der Waals surface area contributed by atoms with Crippen LogP contribution in [0.4, 0.5) is 5.95 Å². The van der Waals surface area contributed by atoms with E-state index in [1.54, 1.807) is 56.8 Å². The molecular weight excluding hydrogens is 454 g/mol. The summed E-state index contributed by atoms with van der Waals surface area (Å²) in [5.74, 6) is 1.84. The number of hydrogen-bond acceptors (Lipinski definition) is 8. The van der Waals surface area contributed by atoms with Crippen LogP contribution in [0.1, 0.15) is 18.4 Å². The molecule has 2 aromatic heterocycles. The Morgan fingerprint density at radius 3 is 2.53 bits per heavy atom. The lowest BCUT2D eigenvalue weighted by Crippen LogP contribution is -2.39. The highest BCUT2D eigenvalue weighted by molar-refractivity contribution is 7.89. The Bertz CT molecular complexity index is 1180. The van der Waals surface area contributed by atoms with E-state index < -0.39 is 10.0 Å². The Kier molecular flexibility index (Phi) is 7.59. The lowest BCUT2D eigenvalue weighted by atomic mass is 10.1. The first-order valence-electron chi connectivity index (χ1n) is 11.2. The summed E-state index contributed by atoms with van der Waals surface area (Å²) in [6, 6.07) is 12.3. The summed E-state index contributed by atoms with van der Waals surface area (Å²) in [5.41, 5.74) is 0.714. The Morgan fingerprint density at radius 2 is 1.79 bits per heavy atom. The van der Waals surface area contributed by atoms with Gasteiger partial charge in [0.1, 0.15) is 18.5 Å². The Labute approximate surface area is 200 Å². The van der Waals surface area contributed by atoms with Gasteiger partial charge in [-0.3, -0.25) is 4.98 Å². The van der Waals surface area contributed by atoms with E-state index in [4.69, 9.17) is 9.47 Å². The molecule has 34 heavy (non-hydrogen) atoms. The van der Waals surface area contributed by atoms with Crippen molar-refractivity contribution in [2.24, 2.45) is 0 Å². The summed E-state index contributed by atoms with van der Waals surface area (Å²) in [6.45, 7) is 3.72. The average Bonchev–Trinajstić information content (AvgIpc) is 2.85. The molecule has 0 saturated carbocycles. The highest BCUT2D eigenvalue weighted by Crippen LogP contribution is 2.22. The van der Waals surface area contributed by atoms with Gasteiger partial charge in [0.2, 0.25) is 21.9 Å². The summed E-state index contributed by atoms with van der Waals surface area (Å²) in [5, 5.41) is 0. The van der Waals surface area contributed by atoms with Crippen LogP contribution >= 0.6 is 0 Å². The first kappa shape index (κ1) is 23.9. The van der Waals surface area contributed by atoms with E-state index in [0.717, 1.165) is 31.7 Å². The second-order valence-corrected chi connectivity index (χ2v) is 10.1. The van der Waals surface area contributed by atoms with Crippen molar-refractivity contribution in [1.29, 1.82) is 0 Å². The van der Waals surface area contributed by atoms with Gasteiger partial charge in [-0.15, -0.1) is 0 Å². The largest absolute Gasteiger partial charge is 0.490 e. The molecule has 3 heterocycles. The Hall–Kier alpha value is -3.24. The molecule has 0 atom stereocenters. The molecule has 0 radical (unpaired) electrons. The summed E-state index contributed by atoms with van der Waals surface area (Å²) in [6.07, 6.45) is 6.96. The van der Waals surface area contributed by atoms with E-state index in [2.05, 4.69) is 19.9 Å². The molecular formula is C24H29N5O4S. The van der Waals surface area contributed by atoms with Crippen molar-refractivity contribution < 1.29 is 17.9 Å². The van der Waals surface area contributed by atoms with Gasteiger partial charge in [0.25, 0.3) is 0 Å². The van der Waals surface area contributed by atoms with Crippen LogP contribution in [-0.2, 0) is 10.0 Å². The van der Waals surface area contributed by atoms with Crippen molar-refractivity contribution >= 4 is 16.0 Å². The van der Waals surface area contributed by atoms with Gasteiger partial charge in [0.05, 0.1) is 4.90 Å². The number of aryl methyl sites for hydroxylation is 1. The molecule has 1 aliphatic rings. The monoisotopic (exact) mass is 483 g/mol. The van der Waals surface area contributed by atoms with Crippen LogP contribution in [0.2, 0.25) is 0 Å². The molecule has 0 unspecified atom stereocenters. The molecule has 9 nitrogen and oxygen atoms in total. The first-order valence-corrected chi connectivity index (χ1v) is 12.7. The van der Waals surface area contributed by atoms with E-state index >= 15 is 0 Å². The van der Waals surface area contributed by atoms with E-state index in [1.807, 2.05) is 18.2 Å². The lowest BCUT2D eigenvalue weighted by molar-refractivity contribution is 0.170. The molecule has 0 aliphatic carbocycles. The Balaban J connectivity index is 1.28. The quantitative estimate of drug-likeness (QED) is 0.458. The topological polar surface area (TPSA) is 97.8 Å². The number of nitrogens with zero attached hydrogens (tertiary/aromatic N) is 5. The predicted molar refractivity (Wildman–Crippen MR) is 129 cm³/mol. The molecule has 1 saturated heterocycles. The smallest absolute Gasteiger partial charge is 0.243 e. The fourth-order valence-corrected chi connectivity index (χ4v) is 5.14. The predicted octanol–water partition coefficient (Wildman–Crippen LogP) is 2.93. The van der Waals surface area contributed by atoms with E-state index in [0.29, 0.717) is 22.3 Å². The normalized spacial score (nSPS) is 14.9. The molecule has 0 spiro atoms. The van der Waals surface area contributed by atoms with Gasteiger partial charge in [-0.05, 0) is 30.7 Å². The molecule has 3 aromatic rings. The van der Waals surface area contributed by atoms with E-state index in [1.165, 1.54) is 4.31 Å². The number of sulfonamides is 1. The van der Waals surface area contributed by atoms with Crippen LogP contribution in [0.25, 0.3) is 0 Å². The van der Waals surface area contributed by atoms with Gasteiger partial charge in [-0.1, -0.05) is 18.2 Å². The zero-order valence-corrected chi connectivity index (χ0v) is 20.2. The number of hydrogen-bond donors (Lipinski definition) is 0. The summed E-state index contributed by atoms with van der Waals surface area (Å²) in [7, 11) is -2.03. The number of likely N-dealkylation sites (N-methyl/N-ethyl adjacent to an activating group) is 1. The summed E-state index contributed by atoms with van der Waals surface area (Å²) >= 11 is 0. The standard InChI is InChI=1S/C24H29N5O4S/c1-19-5-3-4-6-22(19)34(30,31)28(2)17-18-32-23-9-14-26-24(27-23)29-15-10-21(11-16-29)33-20-7-12-25-13-8-20/h3-9,12-14,21H,10-11,15-18H2,1-2H3. The molecule has 0 bridgehead atoms. The van der Waals surface area contributed by atoms with Gasteiger partial charge in [-0.25, -0.2) is 13.4 Å². The third kappa shape index (κ3) is 5.81. The van der Waals surface area contributed by atoms with Crippen LogP contribution in [0.15, 0.2) is 66.0 Å². The van der Waals surface area contributed by atoms with Crippen molar-refractivity contribution in [3.8, 4) is 11.6 Å². The maximum atomic E-state index is 12.8. The maximum Gasteiger partial charge on any atom is 0.243 e. The van der Waals surface area contributed by atoms with Crippen molar-refractivity contribution in [3.63, 3.8) is 0 Å². The molecule has 10 heteroatoms. The third-order valence-electron chi connectivity index (χ3n) is 5.73. The van der Waals surface area contributed by atoms with Gasteiger partial charge < -0.3 is 14.4 Å². The third-order valence-corrected chi connectivity index (χ3v) is 7.75. The van der Waals surface area contributed by atoms with Crippen LogP contribution in [-0.4, -0.2) is 67.1 Å². The van der Waals surface area contributed by atoms with Crippen LogP contribution in [0.5, 0.6) is 11.6 Å². The zero-order chi connectivity index (χ0) is 24.0. The fourth-order valence-electron chi connectivity index (χ4n) is 3.76. The van der Waals surface area contributed by atoms with E-state index in [9.17, 15) is 8.42 Å². The number of benzene rings is 1.